The number of benzene rings is 2. The Morgan fingerprint density at radius 2 is 1.48 bits per heavy atom. The Bertz CT molecular complexity index is 836. The summed E-state index contributed by atoms with van der Waals surface area (Å²) in [7, 11) is 0. The molecule has 0 bridgehead atoms. The molecule has 1 heterocycles. The van der Waals surface area contributed by atoms with Crippen LogP contribution in [-0.4, -0.2) is 35.0 Å². The molecule has 1 aliphatic rings. The van der Waals surface area contributed by atoms with Crippen molar-refractivity contribution in [3.05, 3.63) is 71.3 Å². The van der Waals surface area contributed by atoms with Crippen molar-refractivity contribution in [2.24, 2.45) is 0 Å². The van der Waals surface area contributed by atoms with Crippen molar-refractivity contribution in [3.8, 4) is 0 Å². The zero-order chi connectivity index (χ0) is 19.6. The second kappa shape index (κ2) is 7.23. The molecule has 3 amide bonds. The second-order valence-electron chi connectivity index (χ2n) is 7.43. The van der Waals surface area contributed by atoms with Gasteiger partial charge in [0.15, 0.2) is 0 Å². The smallest absolute Gasteiger partial charge is 0.407 e. The average Bonchev–Trinajstić information content (AvgIpc) is 2.87. The Kier molecular flexibility index (Phi) is 4.99. The Labute approximate surface area is 158 Å². The highest BCUT2D eigenvalue weighted by Gasteiger charge is 2.40. The van der Waals surface area contributed by atoms with Gasteiger partial charge in [0.1, 0.15) is 6.61 Å². The zero-order valence-corrected chi connectivity index (χ0v) is 15.6. The van der Waals surface area contributed by atoms with E-state index in [2.05, 4.69) is 5.32 Å². The Balaban J connectivity index is 1.87. The molecule has 140 valence electrons. The van der Waals surface area contributed by atoms with Crippen LogP contribution in [0.15, 0.2) is 54.6 Å². The van der Waals surface area contributed by atoms with Gasteiger partial charge in [0.25, 0.3) is 11.8 Å². The summed E-state index contributed by atoms with van der Waals surface area (Å²) in [6, 6.07) is 15.1. The van der Waals surface area contributed by atoms with E-state index in [9.17, 15) is 14.4 Å². The number of amides is 3. The molecular weight excluding hydrogens is 344 g/mol. The van der Waals surface area contributed by atoms with E-state index in [1.165, 1.54) is 4.90 Å². The number of alkyl carbamates (subject to hydrolysis) is 1. The van der Waals surface area contributed by atoms with Gasteiger partial charge in [-0.1, -0.05) is 42.5 Å². The molecular formula is C21H22N2O4. The zero-order valence-electron chi connectivity index (χ0n) is 15.6. The first-order valence-electron chi connectivity index (χ1n) is 8.75. The number of nitrogens with one attached hydrogen (secondary N) is 1. The summed E-state index contributed by atoms with van der Waals surface area (Å²) < 4.78 is 5.35. The third-order valence-electron chi connectivity index (χ3n) is 4.17. The summed E-state index contributed by atoms with van der Waals surface area (Å²) in [5, 5.41) is 2.71. The van der Waals surface area contributed by atoms with Gasteiger partial charge >= 0.3 is 6.09 Å². The maximum absolute atomic E-state index is 12.8. The quantitative estimate of drug-likeness (QED) is 0.840. The number of imide groups is 1. The fraction of sp³-hybridized carbons (Fsp3) is 0.286. The summed E-state index contributed by atoms with van der Waals surface area (Å²) in [5.74, 6) is -0.770. The van der Waals surface area contributed by atoms with Gasteiger partial charge in [0, 0.05) is 5.54 Å². The van der Waals surface area contributed by atoms with E-state index >= 15 is 0 Å². The van der Waals surface area contributed by atoms with Crippen LogP contribution in [0.1, 0.15) is 53.1 Å². The van der Waals surface area contributed by atoms with Gasteiger partial charge in [-0.05, 0) is 38.5 Å². The molecule has 6 heteroatoms. The number of rotatable bonds is 4. The van der Waals surface area contributed by atoms with Crippen LogP contribution in [0.5, 0.6) is 0 Å². The van der Waals surface area contributed by atoms with Crippen molar-refractivity contribution in [1.29, 1.82) is 0 Å². The van der Waals surface area contributed by atoms with Crippen LogP contribution < -0.4 is 5.32 Å². The lowest BCUT2D eigenvalue weighted by Crippen LogP contribution is -2.43. The van der Waals surface area contributed by atoms with Gasteiger partial charge < -0.3 is 10.1 Å². The second-order valence-corrected chi connectivity index (χ2v) is 7.43. The fourth-order valence-electron chi connectivity index (χ4n) is 2.98. The number of carbonyl (C=O) groups is 3. The fourth-order valence-corrected chi connectivity index (χ4v) is 2.98. The highest BCUT2D eigenvalue weighted by molar-refractivity contribution is 6.21. The van der Waals surface area contributed by atoms with E-state index in [0.29, 0.717) is 11.1 Å². The van der Waals surface area contributed by atoms with Crippen molar-refractivity contribution in [2.45, 2.75) is 32.4 Å². The van der Waals surface area contributed by atoms with E-state index in [4.69, 9.17) is 4.74 Å². The van der Waals surface area contributed by atoms with E-state index in [1.54, 1.807) is 36.4 Å². The molecule has 0 aromatic heterocycles. The highest BCUT2D eigenvalue weighted by Crippen LogP contribution is 2.31. The maximum Gasteiger partial charge on any atom is 0.407 e. The van der Waals surface area contributed by atoms with Gasteiger partial charge in [-0.3, -0.25) is 14.5 Å². The molecule has 1 aliphatic heterocycles. The Morgan fingerprint density at radius 1 is 0.963 bits per heavy atom. The van der Waals surface area contributed by atoms with Crippen LogP contribution in [-0.2, 0) is 4.74 Å². The normalized spacial score (nSPS) is 14.7. The molecule has 0 saturated carbocycles. The van der Waals surface area contributed by atoms with E-state index in [-0.39, 0.29) is 18.4 Å². The first kappa shape index (κ1) is 18.6. The van der Waals surface area contributed by atoms with Crippen molar-refractivity contribution in [3.63, 3.8) is 0 Å². The largest absolute Gasteiger partial charge is 0.447 e. The molecule has 0 saturated heterocycles. The summed E-state index contributed by atoms with van der Waals surface area (Å²) in [6.45, 7) is 5.39. The van der Waals surface area contributed by atoms with E-state index in [1.807, 2.05) is 39.0 Å². The number of carbonyl (C=O) groups excluding carboxylic acids is 3. The molecule has 2 aromatic carbocycles. The minimum atomic E-state index is -0.704. The van der Waals surface area contributed by atoms with Crippen molar-refractivity contribution < 1.29 is 19.1 Å². The van der Waals surface area contributed by atoms with Crippen LogP contribution in [0.25, 0.3) is 0 Å². The number of ether oxygens (including phenoxy) is 1. The number of fused-ring (bicyclic) bond motifs is 1. The predicted molar refractivity (Wildman–Crippen MR) is 100 cm³/mol. The topological polar surface area (TPSA) is 75.7 Å². The molecule has 3 rings (SSSR count). The van der Waals surface area contributed by atoms with Crippen LogP contribution >= 0.6 is 0 Å². The van der Waals surface area contributed by atoms with Gasteiger partial charge in [-0.2, -0.15) is 0 Å². The van der Waals surface area contributed by atoms with Gasteiger partial charge in [-0.25, -0.2) is 4.79 Å². The maximum atomic E-state index is 12.8. The first-order chi connectivity index (χ1) is 12.8. The summed E-state index contributed by atoms with van der Waals surface area (Å²) in [6.07, 6.45) is -0.597. The monoisotopic (exact) mass is 366 g/mol. The first-order valence-corrected chi connectivity index (χ1v) is 8.75. The van der Waals surface area contributed by atoms with Crippen LogP contribution in [0.4, 0.5) is 4.79 Å². The molecule has 2 aromatic rings. The summed E-state index contributed by atoms with van der Waals surface area (Å²) >= 11 is 0. The van der Waals surface area contributed by atoms with Crippen LogP contribution in [0, 0.1) is 0 Å². The SMILES string of the molecule is CC(C)(C)NC(=O)OCC(c1ccccc1)N1C(=O)c2ccccc2C1=O. The number of hydrogen-bond donors (Lipinski definition) is 1. The number of hydrogen-bond acceptors (Lipinski definition) is 4. The van der Waals surface area contributed by atoms with Crippen LogP contribution in [0.2, 0.25) is 0 Å². The molecule has 0 aliphatic carbocycles. The molecule has 27 heavy (non-hydrogen) atoms. The van der Waals surface area contributed by atoms with Crippen molar-refractivity contribution in [1.82, 2.24) is 10.2 Å². The molecule has 0 radical (unpaired) electrons. The standard InChI is InChI=1S/C21H22N2O4/c1-21(2,3)22-20(26)27-13-17(14-9-5-4-6-10-14)23-18(24)15-11-7-8-12-16(15)19(23)25/h4-12,17H,13H2,1-3H3,(H,22,26). The van der Waals surface area contributed by atoms with Crippen molar-refractivity contribution >= 4 is 17.9 Å². The average molecular weight is 366 g/mol. The molecule has 0 spiro atoms. The Hall–Kier alpha value is -3.15. The lowest BCUT2D eigenvalue weighted by atomic mass is 10.1. The van der Waals surface area contributed by atoms with Gasteiger partial charge in [-0.15, -0.1) is 0 Å². The molecule has 1 N–H and O–H groups in total. The third-order valence-corrected chi connectivity index (χ3v) is 4.17. The van der Waals surface area contributed by atoms with Crippen molar-refractivity contribution in [2.75, 3.05) is 6.61 Å². The van der Waals surface area contributed by atoms with Gasteiger partial charge in [0.05, 0.1) is 17.2 Å². The third kappa shape index (κ3) is 4.00. The van der Waals surface area contributed by atoms with E-state index in [0.717, 1.165) is 5.56 Å². The molecule has 1 atom stereocenters. The number of nitrogens with zero attached hydrogens (tertiary/aromatic N) is 1. The molecule has 0 fully saturated rings. The lowest BCUT2D eigenvalue weighted by molar-refractivity contribution is 0.0472. The van der Waals surface area contributed by atoms with Crippen LogP contribution in [0.3, 0.4) is 0 Å². The predicted octanol–water partition coefficient (Wildman–Crippen LogP) is 3.55. The summed E-state index contributed by atoms with van der Waals surface area (Å²) in [4.78, 5) is 38.9. The minimum Gasteiger partial charge on any atom is -0.447 e. The lowest BCUT2D eigenvalue weighted by Gasteiger charge is -2.27. The van der Waals surface area contributed by atoms with E-state index < -0.39 is 17.7 Å². The minimum absolute atomic E-state index is 0.128. The summed E-state index contributed by atoms with van der Waals surface area (Å²) in [5.41, 5.74) is 0.996. The molecule has 1 unspecified atom stereocenters. The molecule has 6 nitrogen and oxygen atoms in total. The van der Waals surface area contributed by atoms with Gasteiger partial charge in [0.2, 0.25) is 0 Å². The Morgan fingerprint density at radius 3 is 2.00 bits per heavy atom. The highest BCUT2D eigenvalue weighted by atomic mass is 16.5.